The van der Waals surface area contributed by atoms with Gasteiger partial charge in [-0.15, -0.1) is 0 Å². The number of hydrogen-bond donors (Lipinski definition) is 1. The molecule has 1 N–H and O–H groups in total. The Balaban J connectivity index is 2.21. The summed E-state index contributed by atoms with van der Waals surface area (Å²) in [5.41, 5.74) is 0.946. The molecule has 0 unspecified atom stereocenters. The smallest absolute Gasteiger partial charge is 0.258 e. The van der Waals surface area contributed by atoms with E-state index < -0.39 is 0 Å². The molecule has 1 heterocycles. The fourth-order valence-electron chi connectivity index (χ4n) is 1.39. The second kappa shape index (κ2) is 5.95. The van der Waals surface area contributed by atoms with E-state index in [4.69, 9.17) is 5.26 Å². The predicted octanol–water partition coefficient (Wildman–Crippen LogP) is 3.73. The van der Waals surface area contributed by atoms with Crippen molar-refractivity contribution in [2.45, 2.75) is 0 Å². The number of nitrogens with one attached hydrogen (secondary N) is 1. The van der Waals surface area contributed by atoms with Crippen LogP contribution in [0.2, 0.25) is 0 Å². The van der Waals surface area contributed by atoms with Crippen LogP contribution in [0.3, 0.4) is 0 Å². The Morgan fingerprint density at radius 2 is 2.05 bits per heavy atom. The Morgan fingerprint density at radius 1 is 1.26 bits per heavy atom. The molecule has 94 valence electrons. The summed E-state index contributed by atoms with van der Waals surface area (Å²) in [5, 5.41) is 11.3. The van der Waals surface area contributed by atoms with E-state index >= 15 is 0 Å². The fraction of sp³-hybridized carbons (Fsp3) is 0. The maximum absolute atomic E-state index is 12.1. The first-order chi connectivity index (χ1) is 9.10. The highest BCUT2D eigenvalue weighted by atomic mass is 79.9. The Labute approximate surface area is 126 Å². The van der Waals surface area contributed by atoms with Gasteiger partial charge in [0.25, 0.3) is 5.91 Å². The van der Waals surface area contributed by atoms with Crippen LogP contribution in [0.15, 0.2) is 45.5 Å². The van der Waals surface area contributed by atoms with Crippen LogP contribution in [-0.4, -0.2) is 10.9 Å². The van der Waals surface area contributed by atoms with Gasteiger partial charge in [0.15, 0.2) is 0 Å². The van der Waals surface area contributed by atoms with Gasteiger partial charge in [0.05, 0.1) is 11.1 Å². The monoisotopic (exact) mass is 379 g/mol. The van der Waals surface area contributed by atoms with Crippen molar-refractivity contribution < 1.29 is 4.79 Å². The van der Waals surface area contributed by atoms with Gasteiger partial charge in [0, 0.05) is 15.1 Å². The van der Waals surface area contributed by atoms with Gasteiger partial charge in [0.2, 0.25) is 0 Å². The van der Waals surface area contributed by atoms with Crippen molar-refractivity contribution in [2.75, 3.05) is 5.32 Å². The molecule has 6 heteroatoms. The minimum absolute atomic E-state index is 0.273. The molecule has 0 fully saturated rings. The van der Waals surface area contributed by atoms with Gasteiger partial charge >= 0.3 is 0 Å². The van der Waals surface area contributed by atoms with Gasteiger partial charge in [-0.3, -0.25) is 4.79 Å². The summed E-state index contributed by atoms with van der Waals surface area (Å²) in [7, 11) is 0. The molecule has 0 radical (unpaired) electrons. The van der Waals surface area contributed by atoms with E-state index in [0.717, 1.165) is 4.47 Å². The van der Waals surface area contributed by atoms with Crippen molar-refractivity contribution in [3.63, 3.8) is 0 Å². The number of carbonyl (C=O) groups excluding carboxylic acids is 1. The standard InChI is InChI=1S/C13H7Br2N3O/c14-9-2-3-11(15)10(5-9)13(19)18-12-4-1-8(6-16)7-17-12/h1-5,7H,(H,17,18,19). The van der Waals surface area contributed by atoms with E-state index in [1.807, 2.05) is 12.1 Å². The van der Waals surface area contributed by atoms with E-state index in [1.165, 1.54) is 6.20 Å². The minimum Gasteiger partial charge on any atom is -0.307 e. The van der Waals surface area contributed by atoms with Crippen LogP contribution >= 0.6 is 31.9 Å². The highest BCUT2D eigenvalue weighted by molar-refractivity contribution is 9.11. The summed E-state index contributed by atoms with van der Waals surface area (Å²) in [6.07, 6.45) is 1.41. The fourth-order valence-corrected chi connectivity index (χ4v) is 2.18. The molecule has 0 aliphatic rings. The molecule has 1 aromatic heterocycles. The van der Waals surface area contributed by atoms with Gasteiger partial charge in [-0.05, 0) is 46.3 Å². The summed E-state index contributed by atoms with van der Waals surface area (Å²) < 4.78 is 1.51. The number of nitriles is 1. The lowest BCUT2D eigenvalue weighted by molar-refractivity contribution is 0.102. The molecule has 0 bridgehead atoms. The van der Waals surface area contributed by atoms with Crippen LogP contribution in [0.4, 0.5) is 5.82 Å². The average molecular weight is 381 g/mol. The van der Waals surface area contributed by atoms with Gasteiger partial charge in [0.1, 0.15) is 11.9 Å². The number of rotatable bonds is 2. The average Bonchev–Trinajstić information content (AvgIpc) is 2.42. The number of anilines is 1. The van der Waals surface area contributed by atoms with Crippen molar-refractivity contribution in [3.05, 3.63) is 56.6 Å². The Kier molecular flexibility index (Phi) is 4.30. The maximum atomic E-state index is 12.1. The molecular formula is C13H7Br2N3O. The summed E-state index contributed by atoms with van der Waals surface area (Å²) in [4.78, 5) is 16.1. The molecular weight excluding hydrogens is 374 g/mol. The predicted molar refractivity (Wildman–Crippen MR) is 78.7 cm³/mol. The Morgan fingerprint density at radius 3 is 2.68 bits per heavy atom. The van der Waals surface area contributed by atoms with Gasteiger partial charge in [-0.25, -0.2) is 4.98 Å². The summed E-state index contributed by atoms with van der Waals surface area (Å²) >= 11 is 6.64. The number of hydrogen-bond acceptors (Lipinski definition) is 3. The van der Waals surface area contributed by atoms with Crippen LogP contribution in [-0.2, 0) is 0 Å². The SMILES string of the molecule is N#Cc1ccc(NC(=O)c2cc(Br)ccc2Br)nc1. The largest absolute Gasteiger partial charge is 0.307 e. The Hall–Kier alpha value is -1.71. The lowest BCUT2D eigenvalue weighted by Crippen LogP contribution is -2.13. The highest BCUT2D eigenvalue weighted by Gasteiger charge is 2.11. The molecule has 0 aliphatic heterocycles. The zero-order chi connectivity index (χ0) is 13.8. The lowest BCUT2D eigenvalue weighted by atomic mass is 10.2. The van der Waals surface area contributed by atoms with E-state index in [9.17, 15) is 4.79 Å². The van der Waals surface area contributed by atoms with E-state index in [1.54, 1.807) is 24.3 Å². The maximum Gasteiger partial charge on any atom is 0.258 e. The number of nitrogens with zero attached hydrogens (tertiary/aromatic N) is 2. The number of benzene rings is 1. The molecule has 2 aromatic rings. The lowest BCUT2D eigenvalue weighted by Gasteiger charge is -2.06. The molecule has 0 aliphatic carbocycles. The molecule has 1 amide bonds. The third-order valence-electron chi connectivity index (χ3n) is 2.31. The first-order valence-corrected chi connectivity index (χ1v) is 6.81. The van der Waals surface area contributed by atoms with Gasteiger partial charge in [-0.1, -0.05) is 15.9 Å². The minimum atomic E-state index is -0.273. The third kappa shape index (κ3) is 3.40. The molecule has 1 aromatic carbocycles. The van der Waals surface area contributed by atoms with E-state index in [0.29, 0.717) is 21.4 Å². The second-order valence-electron chi connectivity index (χ2n) is 3.62. The van der Waals surface area contributed by atoms with Crippen molar-refractivity contribution in [1.29, 1.82) is 5.26 Å². The van der Waals surface area contributed by atoms with Crippen molar-refractivity contribution >= 4 is 43.6 Å². The van der Waals surface area contributed by atoms with Crippen LogP contribution in [0.1, 0.15) is 15.9 Å². The van der Waals surface area contributed by atoms with E-state index in [-0.39, 0.29) is 5.91 Å². The normalized spacial score (nSPS) is 9.74. The number of halogens is 2. The molecule has 0 atom stereocenters. The number of carbonyl (C=O) groups is 1. The zero-order valence-corrected chi connectivity index (χ0v) is 12.7. The van der Waals surface area contributed by atoms with Crippen LogP contribution < -0.4 is 5.32 Å². The molecule has 0 spiro atoms. The molecule has 19 heavy (non-hydrogen) atoms. The highest BCUT2D eigenvalue weighted by Crippen LogP contribution is 2.22. The van der Waals surface area contributed by atoms with Crippen LogP contribution in [0.25, 0.3) is 0 Å². The van der Waals surface area contributed by atoms with Gasteiger partial charge in [-0.2, -0.15) is 5.26 Å². The summed E-state index contributed by atoms with van der Waals surface area (Å²) in [5.74, 6) is 0.126. The number of amides is 1. The first kappa shape index (κ1) is 13.7. The molecule has 0 saturated carbocycles. The van der Waals surface area contributed by atoms with Crippen molar-refractivity contribution in [2.24, 2.45) is 0 Å². The van der Waals surface area contributed by atoms with Crippen LogP contribution in [0.5, 0.6) is 0 Å². The molecule has 4 nitrogen and oxygen atoms in total. The first-order valence-electron chi connectivity index (χ1n) is 5.22. The molecule has 0 saturated heterocycles. The zero-order valence-electron chi connectivity index (χ0n) is 9.52. The topological polar surface area (TPSA) is 65.8 Å². The van der Waals surface area contributed by atoms with Gasteiger partial charge < -0.3 is 5.32 Å². The summed E-state index contributed by atoms with van der Waals surface area (Å²) in [6.45, 7) is 0. The molecule has 2 rings (SSSR count). The van der Waals surface area contributed by atoms with Crippen molar-refractivity contribution in [1.82, 2.24) is 4.98 Å². The third-order valence-corrected chi connectivity index (χ3v) is 3.49. The quantitative estimate of drug-likeness (QED) is 0.863. The van der Waals surface area contributed by atoms with Crippen molar-refractivity contribution in [3.8, 4) is 6.07 Å². The second-order valence-corrected chi connectivity index (χ2v) is 5.39. The summed E-state index contributed by atoms with van der Waals surface area (Å²) in [6, 6.07) is 10.5. The number of pyridine rings is 1. The number of aromatic nitrogens is 1. The Bertz CT molecular complexity index is 663. The van der Waals surface area contributed by atoms with Crippen LogP contribution in [0, 0.1) is 11.3 Å². The van der Waals surface area contributed by atoms with E-state index in [2.05, 4.69) is 42.2 Å².